The number of esters is 1. The maximum absolute atomic E-state index is 12.5. The van der Waals surface area contributed by atoms with Crippen molar-refractivity contribution in [1.29, 1.82) is 0 Å². The monoisotopic (exact) mass is 448 g/mol. The zero-order valence-corrected chi connectivity index (χ0v) is 20.6. The minimum absolute atomic E-state index is 0.209. The first kappa shape index (κ1) is 23.3. The summed E-state index contributed by atoms with van der Waals surface area (Å²) in [5.74, 6) is 1.29. The van der Waals surface area contributed by atoms with Gasteiger partial charge in [0.05, 0.1) is 17.0 Å². The van der Waals surface area contributed by atoms with Crippen LogP contribution in [0.25, 0.3) is 27.7 Å². The van der Waals surface area contributed by atoms with Crippen LogP contribution in [0, 0.1) is 5.92 Å². The van der Waals surface area contributed by atoms with Crippen LogP contribution in [0.4, 0.5) is 0 Å². The molecular formula is C27H36N4O2. The summed E-state index contributed by atoms with van der Waals surface area (Å²) in [6.07, 6.45) is 9.31. The molecule has 0 spiro atoms. The summed E-state index contributed by atoms with van der Waals surface area (Å²) in [4.78, 5) is 22.6. The maximum Gasteiger partial charge on any atom is 0.313 e. The summed E-state index contributed by atoms with van der Waals surface area (Å²) in [5.41, 5.74) is 3.59. The molecule has 3 aromatic heterocycles. The van der Waals surface area contributed by atoms with Crippen molar-refractivity contribution in [3.05, 3.63) is 36.3 Å². The number of nitrogens with zero attached hydrogens (tertiary/aromatic N) is 4. The summed E-state index contributed by atoms with van der Waals surface area (Å²) < 4.78 is 10.2. The molecule has 0 unspecified atom stereocenters. The number of carbonyl (C=O) groups excluding carboxylic acids is 1. The maximum atomic E-state index is 12.5. The lowest BCUT2D eigenvalue weighted by molar-refractivity contribution is -0.137. The highest BCUT2D eigenvalue weighted by Gasteiger charge is 2.24. The Labute approximate surface area is 196 Å². The highest BCUT2D eigenvalue weighted by molar-refractivity contribution is 6.01. The minimum atomic E-state index is -0.240. The zero-order chi connectivity index (χ0) is 23.5. The number of benzene rings is 1. The van der Waals surface area contributed by atoms with Gasteiger partial charge >= 0.3 is 5.97 Å². The summed E-state index contributed by atoms with van der Waals surface area (Å²) in [6, 6.07) is 8.11. The second-order valence-electron chi connectivity index (χ2n) is 9.61. The van der Waals surface area contributed by atoms with Gasteiger partial charge in [0.2, 0.25) is 0 Å². The van der Waals surface area contributed by atoms with Crippen molar-refractivity contribution < 1.29 is 9.53 Å². The first-order valence-corrected chi connectivity index (χ1v) is 12.4. The van der Waals surface area contributed by atoms with E-state index in [-0.39, 0.29) is 17.8 Å². The van der Waals surface area contributed by atoms with Gasteiger partial charge in [-0.2, -0.15) is 0 Å². The van der Waals surface area contributed by atoms with Crippen LogP contribution in [0.2, 0.25) is 0 Å². The molecule has 0 saturated heterocycles. The molecule has 0 atom stereocenters. The molecule has 3 heterocycles. The van der Waals surface area contributed by atoms with Gasteiger partial charge in [0, 0.05) is 18.7 Å². The topological polar surface area (TPSA) is 61.4 Å². The van der Waals surface area contributed by atoms with Crippen molar-refractivity contribution in [2.24, 2.45) is 5.92 Å². The van der Waals surface area contributed by atoms with Gasteiger partial charge in [-0.3, -0.25) is 9.20 Å². The van der Waals surface area contributed by atoms with Crippen LogP contribution < -0.4 is 4.74 Å². The van der Waals surface area contributed by atoms with Crippen LogP contribution >= 0.6 is 0 Å². The van der Waals surface area contributed by atoms with Gasteiger partial charge < -0.3 is 9.30 Å². The fourth-order valence-corrected chi connectivity index (χ4v) is 4.36. The van der Waals surface area contributed by atoms with Gasteiger partial charge in [0.1, 0.15) is 16.9 Å². The summed E-state index contributed by atoms with van der Waals surface area (Å²) >= 11 is 0. The molecule has 0 aliphatic heterocycles. The van der Waals surface area contributed by atoms with Crippen LogP contribution in [0.15, 0.2) is 30.5 Å². The highest BCUT2D eigenvalue weighted by atomic mass is 16.5. The first-order chi connectivity index (χ1) is 15.9. The Morgan fingerprint density at radius 3 is 2.42 bits per heavy atom. The fraction of sp³-hybridized carbons (Fsp3) is 0.519. The SMILES string of the molecule is CCCCCCCCn1cc(OC(=O)C(C)C)c2c1nc(C(C)C)n1c3ccccc3nc21. The average molecular weight is 449 g/mol. The highest BCUT2D eigenvalue weighted by Crippen LogP contribution is 2.35. The Hall–Kier alpha value is -2.89. The predicted molar refractivity (Wildman–Crippen MR) is 134 cm³/mol. The van der Waals surface area contributed by atoms with Gasteiger partial charge in [-0.1, -0.05) is 78.9 Å². The molecule has 0 saturated carbocycles. The van der Waals surface area contributed by atoms with Gasteiger partial charge in [-0.15, -0.1) is 0 Å². The molecule has 0 N–H and O–H groups in total. The van der Waals surface area contributed by atoms with Crippen LogP contribution in [0.3, 0.4) is 0 Å². The lowest BCUT2D eigenvalue weighted by Crippen LogP contribution is -2.14. The third-order valence-electron chi connectivity index (χ3n) is 6.20. The Kier molecular flexibility index (Phi) is 7.01. The zero-order valence-electron chi connectivity index (χ0n) is 20.6. The number of para-hydroxylation sites is 2. The molecule has 33 heavy (non-hydrogen) atoms. The molecule has 4 rings (SSSR count). The molecule has 4 aromatic rings. The Balaban J connectivity index is 1.85. The van der Waals surface area contributed by atoms with E-state index < -0.39 is 0 Å². The van der Waals surface area contributed by atoms with E-state index in [1.807, 2.05) is 38.2 Å². The van der Waals surface area contributed by atoms with E-state index in [2.05, 4.69) is 35.8 Å². The van der Waals surface area contributed by atoms with Crippen molar-refractivity contribution >= 4 is 33.7 Å². The molecule has 0 amide bonds. The number of imidazole rings is 1. The van der Waals surface area contributed by atoms with Gasteiger partial charge in [-0.25, -0.2) is 9.97 Å². The molecule has 0 bridgehead atoms. The quantitative estimate of drug-likeness (QED) is 0.196. The Morgan fingerprint density at radius 2 is 1.70 bits per heavy atom. The second kappa shape index (κ2) is 9.94. The third-order valence-corrected chi connectivity index (χ3v) is 6.20. The van der Waals surface area contributed by atoms with Crippen LogP contribution in [-0.4, -0.2) is 24.9 Å². The van der Waals surface area contributed by atoms with Crippen molar-refractivity contribution in [3.8, 4) is 5.75 Å². The molecule has 176 valence electrons. The number of aryl methyl sites for hydroxylation is 1. The normalized spacial score (nSPS) is 12.1. The summed E-state index contributed by atoms with van der Waals surface area (Å²) in [6.45, 7) is 11.1. The molecule has 0 fully saturated rings. The Bertz CT molecular complexity index is 1270. The standard InChI is InChI=1S/C27H36N4O2/c1-6-7-8-9-10-13-16-30-17-22(33-27(32)19(4)5)23-25(30)29-24(18(2)3)31-21-15-12-11-14-20(21)28-26(23)31/h11-12,14-15,17-19H,6-10,13,16H2,1-5H3. The van der Waals surface area contributed by atoms with E-state index in [4.69, 9.17) is 14.7 Å². The van der Waals surface area contributed by atoms with E-state index >= 15 is 0 Å². The van der Waals surface area contributed by atoms with Gasteiger partial charge in [0.15, 0.2) is 11.4 Å². The number of fused-ring (bicyclic) bond motifs is 5. The molecule has 1 aromatic carbocycles. The molecule has 6 nitrogen and oxygen atoms in total. The third kappa shape index (κ3) is 4.61. The van der Waals surface area contributed by atoms with Gasteiger partial charge in [-0.05, 0) is 18.6 Å². The molecule has 6 heteroatoms. The average Bonchev–Trinajstić information content (AvgIpc) is 3.33. The molecule has 0 aliphatic carbocycles. The molecule has 0 radical (unpaired) electrons. The van der Waals surface area contributed by atoms with E-state index in [0.29, 0.717) is 5.75 Å². The Morgan fingerprint density at radius 1 is 0.970 bits per heavy atom. The molecular weight excluding hydrogens is 412 g/mol. The van der Waals surface area contributed by atoms with Gasteiger partial charge in [0.25, 0.3) is 0 Å². The van der Waals surface area contributed by atoms with Crippen molar-refractivity contribution in [2.75, 3.05) is 0 Å². The van der Waals surface area contributed by atoms with Crippen LogP contribution in [0.1, 0.15) is 84.9 Å². The predicted octanol–water partition coefficient (Wildman–Crippen LogP) is 6.88. The number of aromatic nitrogens is 4. The van der Waals surface area contributed by atoms with E-state index in [1.165, 1.54) is 32.1 Å². The van der Waals surface area contributed by atoms with Crippen molar-refractivity contribution in [1.82, 2.24) is 18.9 Å². The lowest BCUT2D eigenvalue weighted by atomic mass is 10.1. The lowest BCUT2D eigenvalue weighted by Gasteiger charge is -2.12. The molecule has 0 aliphatic rings. The van der Waals surface area contributed by atoms with Crippen LogP contribution in [-0.2, 0) is 11.3 Å². The summed E-state index contributed by atoms with van der Waals surface area (Å²) in [7, 11) is 0. The number of hydrogen-bond donors (Lipinski definition) is 0. The first-order valence-electron chi connectivity index (χ1n) is 12.4. The largest absolute Gasteiger partial charge is 0.424 e. The van der Waals surface area contributed by atoms with Crippen molar-refractivity contribution in [3.63, 3.8) is 0 Å². The number of ether oxygens (including phenoxy) is 1. The number of hydrogen-bond acceptors (Lipinski definition) is 4. The van der Waals surface area contributed by atoms with Crippen LogP contribution in [0.5, 0.6) is 5.75 Å². The number of rotatable bonds is 10. The summed E-state index contributed by atoms with van der Waals surface area (Å²) in [5, 5.41) is 0.815. The van der Waals surface area contributed by atoms with E-state index in [9.17, 15) is 4.79 Å². The number of carbonyl (C=O) groups is 1. The number of unbranched alkanes of at least 4 members (excludes halogenated alkanes) is 5. The minimum Gasteiger partial charge on any atom is -0.424 e. The van der Waals surface area contributed by atoms with Crippen molar-refractivity contribution in [2.45, 2.75) is 85.6 Å². The second-order valence-corrected chi connectivity index (χ2v) is 9.61. The fourth-order valence-electron chi connectivity index (χ4n) is 4.36. The van der Waals surface area contributed by atoms with E-state index in [1.54, 1.807) is 0 Å². The van der Waals surface area contributed by atoms with E-state index in [0.717, 1.165) is 46.5 Å². The smallest absolute Gasteiger partial charge is 0.313 e.